The van der Waals surface area contributed by atoms with Crippen molar-refractivity contribution in [2.45, 2.75) is 24.4 Å². The highest BCUT2D eigenvalue weighted by molar-refractivity contribution is 7.99. The maximum Gasteiger partial charge on any atom is 0.233 e. The fourth-order valence-corrected chi connectivity index (χ4v) is 6.03. The number of benzene rings is 2. The van der Waals surface area contributed by atoms with Crippen molar-refractivity contribution in [1.82, 2.24) is 14.9 Å². The Balaban J connectivity index is 1.11. The third-order valence-corrected chi connectivity index (χ3v) is 8.14. The summed E-state index contributed by atoms with van der Waals surface area (Å²) in [6.07, 6.45) is 3.13. The molecular weight excluding hydrogens is 509 g/mol. The monoisotopic (exact) mass is 539 g/mol. The van der Waals surface area contributed by atoms with E-state index in [9.17, 15) is 9.18 Å². The van der Waals surface area contributed by atoms with Gasteiger partial charge in [0.15, 0.2) is 5.16 Å². The van der Waals surface area contributed by atoms with Crippen molar-refractivity contribution in [3.8, 4) is 0 Å². The molecular formula is C28H31ClFN5OS. The molecule has 0 saturated carbocycles. The normalized spacial score (nSPS) is 16.8. The molecule has 9 heteroatoms. The summed E-state index contributed by atoms with van der Waals surface area (Å²) in [7, 11) is 0. The summed E-state index contributed by atoms with van der Waals surface area (Å²) in [6, 6.07) is 19.2. The molecule has 2 aliphatic rings. The molecule has 0 bridgehead atoms. The first-order valence-electron chi connectivity index (χ1n) is 12.8. The molecule has 2 aromatic carbocycles. The Labute approximate surface area is 226 Å². The number of rotatable bonds is 7. The average Bonchev–Trinajstić information content (AvgIpc) is 2.93. The van der Waals surface area contributed by atoms with E-state index in [-0.39, 0.29) is 11.7 Å². The van der Waals surface area contributed by atoms with Crippen LogP contribution in [-0.4, -0.2) is 65.8 Å². The van der Waals surface area contributed by atoms with E-state index in [1.165, 1.54) is 23.4 Å². The minimum atomic E-state index is -0.204. The van der Waals surface area contributed by atoms with Crippen LogP contribution in [0.5, 0.6) is 0 Å². The van der Waals surface area contributed by atoms with Crippen LogP contribution in [0.2, 0.25) is 5.15 Å². The second-order valence-corrected chi connectivity index (χ2v) is 10.9. The Morgan fingerprint density at radius 1 is 0.919 bits per heavy atom. The number of hydrogen-bond donors (Lipinski definition) is 0. The number of carbonyl (C=O) groups is 1. The number of carbonyl (C=O) groups excluding carboxylic acids is 1. The van der Waals surface area contributed by atoms with Crippen molar-refractivity contribution >= 4 is 40.8 Å². The quantitative estimate of drug-likeness (QED) is 0.235. The van der Waals surface area contributed by atoms with E-state index in [0.717, 1.165) is 38.2 Å². The number of hydrogen-bond acceptors (Lipinski definition) is 6. The Morgan fingerprint density at radius 2 is 1.59 bits per heavy atom. The number of amides is 1. The van der Waals surface area contributed by atoms with Crippen LogP contribution < -0.4 is 9.80 Å². The molecule has 194 valence electrons. The second kappa shape index (κ2) is 12.1. The lowest BCUT2D eigenvalue weighted by molar-refractivity contribution is -0.129. The van der Waals surface area contributed by atoms with Gasteiger partial charge in [-0.3, -0.25) is 4.79 Å². The Bertz CT molecular complexity index is 1200. The molecule has 2 fully saturated rings. The molecule has 2 aliphatic heterocycles. The SMILES string of the molecule is O=C(CSc1nc(Cl)cc(N2CCN(c3ccccc3F)CC2)n1)N1CCC(Cc2ccccc2)CC1. The zero-order valence-corrected chi connectivity index (χ0v) is 22.3. The van der Waals surface area contributed by atoms with Crippen molar-refractivity contribution < 1.29 is 9.18 Å². The molecule has 2 saturated heterocycles. The standard InChI is InChI=1S/C28H31ClFN5OS/c29-25-19-26(34-16-14-33(15-17-34)24-9-5-4-8-23(24)30)32-28(31-25)37-20-27(36)35-12-10-22(11-13-35)18-21-6-2-1-3-7-21/h1-9,19,22H,10-18,20H2. The van der Waals surface area contributed by atoms with E-state index < -0.39 is 0 Å². The molecule has 0 unspecified atom stereocenters. The highest BCUT2D eigenvalue weighted by Gasteiger charge is 2.24. The first-order chi connectivity index (χ1) is 18.0. The molecule has 0 atom stereocenters. The van der Waals surface area contributed by atoms with Crippen molar-refractivity contribution in [3.63, 3.8) is 0 Å². The molecule has 5 rings (SSSR count). The smallest absolute Gasteiger partial charge is 0.233 e. The van der Waals surface area contributed by atoms with Gasteiger partial charge in [0.2, 0.25) is 5.91 Å². The van der Waals surface area contributed by atoms with Crippen LogP contribution in [0.15, 0.2) is 65.8 Å². The molecule has 0 N–H and O–H groups in total. The number of para-hydroxylation sites is 1. The summed E-state index contributed by atoms with van der Waals surface area (Å²) in [5.41, 5.74) is 1.99. The van der Waals surface area contributed by atoms with Gasteiger partial charge in [0.1, 0.15) is 16.8 Å². The van der Waals surface area contributed by atoms with E-state index in [4.69, 9.17) is 11.6 Å². The summed E-state index contributed by atoms with van der Waals surface area (Å²) in [6.45, 7) is 4.36. The van der Waals surface area contributed by atoms with E-state index in [1.807, 2.05) is 28.0 Å². The maximum absolute atomic E-state index is 14.2. The minimum absolute atomic E-state index is 0.117. The molecule has 0 spiro atoms. The van der Waals surface area contributed by atoms with E-state index in [0.29, 0.717) is 53.8 Å². The highest BCUT2D eigenvalue weighted by Crippen LogP contribution is 2.27. The first-order valence-corrected chi connectivity index (χ1v) is 14.1. The molecule has 37 heavy (non-hydrogen) atoms. The van der Waals surface area contributed by atoms with E-state index in [2.05, 4.69) is 39.1 Å². The molecule has 1 aromatic heterocycles. The highest BCUT2D eigenvalue weighted by atomic mass is 35.5. The topological polar surface area (TPSA) is 52.6 Å². The van der Waals surface area contributed by atoms with Gasteiger partial charge in [-0.05, 0) is 42.9 Å². The lowest BCUT2D eigenvalue weighted by atomic mass is 9.90. The number of anilines is 2. The van der Waals surface area contributed by atoms with Gasteiger partial charge >= 0.3 is 0 Å². The first kappa shape index (κ1) is 25.8. The fraction of sp³-hybridized carbons (Fsp3) is 0.393. The number of piperazine rings is 1. The van der Waals surface area contributed by atoms with E-state index in [1.54, 1.807) is 12.1 Å². The third kappa shape index (κ3) is 6.73. The number of likely N-dealkylation sites (tertiary alicyclic amines) is 1. The molecule has 3 aromatic rings. The van der Waals surface area contributed by atoms with Gasteiger partial charge in [-0.1, -0.05) is 65.8 Å². The Kier molecular flexibility index (Phi) is 8.46. The Hall–Kier alpha value is -2.84. The maximum atomic E-state index is 14.2. The van der Waals surface area contributed by atoms with Crippen LogP contribution in [0.25, 0.3) is 0 Å². The predicted octanol–water partition coefficient (Wildman–Crippen LogP) is 5.17. The van der Waals surface area contributed by atoms with Crippen molar-refractivity contribution in [3.05, 3.63) is 77.2 Å². The van der Waals surface area contributed by atoms with Crippen LogP contribution >= 0.6 is 23.4 Å². The van der Waals surface area contributed by atoms with Gasteiger partial charge in [0, 0.05) is 45.3 Å². The largest absolute Gasteiger partial charge is 0.366 e. The lowest BCUT2D eigenvalue weighted by Crippen LogP contribution is -2.47. The van der Waals surface area contributed by atoms with Crippen molar-refractivity contribution in [2.75, 3.05) is 54.8 Å². The number of halogens is 2. The third-order valence-electron chi connectivity index (χ3n) is 7.12. The average molecular weight is 540 g/mol. The van der Waals surface area contributed by atoms with Crippen LogP contribution in [0.1, 0.15) is 18.4 Å². The molecule has 0 radical (unpaired) electrons. The molecule has 3 heterocycles. The molecule has 0 aliphatic carbocycles. The predicted molar refractivity (Wildman–Crippen MR) is 148 cm³/mol. The second-order valence-electron chi connectivity index (χ2n) is 9.56. The number of piperidine rings is 1. The van der Waals surface area contributed by atoms with Crippen molar-refractivity contribution in [2.24, 2.45) is 5.92 Å². The number of nitrogens with zero attached hydrogens (tertiary/aromatic N) is 5. The zero-order chi connectivity index (χ0) is 25.6. The van der Waals surface area contributed by atoms with Gasteiger partial charge in [-0.2, -0.15) is 0 Å². The van der Waals surface area contributed by atoms with Gasteiger partial charge in [0.05, 0.1) is 11.4 Å². The number of thioether (sulfide) groups is 1. The summed E-state index contributed by atoms with van der Waals surface area (Å²) < 4.78 is 14.2. The molecule has 1 amide bonds. The fourth-order valence-electron chi connectivity index (χ4n) is 5.05. The van der Waals surface area contributed by atoms with Crippen LogP contribution in [0.3, 0.4) is 0 Å². The van der Waals surface area contributed by atoms with Gasteiger partial charge in [-0.15, -0.1) is 0 Å². The van der Waals surface area contributed by atoms with Crippen molar-refractivity contribution in [1.29, 1.82) is 0 Å². The lowest BCUT2D eigenvalue weighted by Gasteiger charge is -2.36. The van der Waals surface area contributed by atoms with Gasteiger partial charge in [0.25, 0.3) is 0 Å². The zero-order valence-electron chi connectivity index (χ0n) is 20.7. The van der Waals surface area contributed by atoms with Crippen LogP contribution in [-0.2, 0) is 11.2 Å². The summed E-state index contributed by atoms with van der Waals surface area (Å²) in [4.78, 5) is 28.0. The van der Waals surface area contributed by atoms with Gasteiger partial charge < -0.3 is 14.7 Å². The minimum Gasteiger partial charge on any atom is -0.366 e. The van der Waals surface area contributed by atoms with Crippen LogP contribution in [0.4, 0.5) is 15.9 Å². The summed E-state index contributed by atoms with van der Waals surface area (Å²) in [5, 5.41) is 0.865. The number of aromatic nitrogens is 2. The van der Waals surface area contributed by atoms with Gasteiger partial charge in [-0.25, -0.2) is 14.4 Å². The Morgan fingerprint density at radius 3 is 2.32 bits per heavy atom. The van der Waals surface area contributed by atoms with E-state index >= 15 is 0 Å². The summed E-state index contributed by atoms with van der Waals surface area (Å²) in [5.74, 6) is 1.57. The molecule has 6 nitrogen and oxygen atoms in total. The summed E-state index contributed by atoms with van der Waals surface area (Å²) >= 11 is 7.65. The van der Waals surface area contributed by atoms with Crippen LogP contribution in [0, 0.1) is 11.7 Å².